The molecule has 0 bridgehead atoms. The average molecular weight is 332 g/mol. The van der Waals surface area contributed by atoms with Crippen molar-refractivity contribution in [2.45, 2.75) is 32.2 Å². The molecule has 0 heterocycles. The van der Waals surface area contributed by atoms with Gasteiger partial charge < -0.3 is 10.1 Å². The lowest BCUT2D eigenvalue weighted by Gasteiger charge is -2.29. The molecule has 1 atom stereocenters. The van der Waals surface area contributed by atoms with Gasteiger partial charge in [0.15, 0.2) is 11.6 Å². The standard InChI is InChI=1S/C14H19BrFNO2/c1-4-14(2,7-8-15)17-13(18)10-5-6-12(19-3)11(16)9-10/h5-6,9H,4,7-8H2,1-3H3,(H,17,18). The summed E-state index contributed by atoms with van der Waals surface area (Å²) in [6.07, 6.45) is 1.62. The van der Waals surface area contributed by atoms with Crippen LogP contribution in [0.15, 0.2) is 18.2 Å². The molecule has 1 rings (SSSR count). The third-order valence-electron chi connectivity index (χ3n) is 3.26. The Morgan fingerprint density at radius 1 is 1.53 bits per heavy atom. The molecule has 1 aromatic carbocycles. The monoisotopic (exact) mass is 331 g/mol. The van der Waals surface area contributed by atoms with Crippen LogP contribution in [0.2, 0.25) is 0 Å². The molecular weight excluding hydrogens is 313 g/mol. The van der Waals surface area contributed by atoms with Gasteiger partial charge in [0.2, 0.25) is 0 Å². The summed E-state index contributed by atoms with van der Waals surface area (Å²) in [5.74, 6) is -0.670. The van der Waals surface area contributed by atoms with E-state index in [4.69, 9.17) is 4.74 Å². The summed E-state index contributed by atoms with van der Waals surface area (Å²) in [7, 11) is 1.39. The largest absolute Gasteiger partial charge is 0.494 e. The fourth-order valence-electron chi connectivity index (χ4n) is 1.69. The molecule has 19 heavy (non-hydrogen) atoms. The van der Waals surface area contributed by atoms with Gasteiger partial charge in [-0.1, -0.05) is 22.9 Å². The zero-order valence-corrected chi connectivity index (χ0v) is 13.0. The molecular formula is C14H19BrFNO2. The van der Waals surface area contributed by atoms with Crippen molar-refractivity contribution in [3.05, 3.63) is 29.6 Å². The van der Waals surface area contributed by atoms with Crippen LogP contribution in [0.25, 0.3) is 0 Å². The maximum absolute atomic E-state index is 13.6. The van der Waals surface area contributed by atoms with E-state index >= 15 is 0 Å². The molecule has 0 aliphatic carbocycles. The topological polar surface area (TPSA) is 38.3 Å². The second-order valence-corrected chi connectivity index (χ2v) is 5.45. The molecule has 106 valence electrons. The smallest absolute Gasteiger partial charge is 0.251 e. The molecule has 0 radical (unpaired) electrons. The molecule has 0 saturated heterocycles. The molecule has 5 heteroatoms. The SMILES string of the molecule is CCC(C)(CCBr)NC(=O)c1ccc(OC)c(F)c1. The first-order valence-electron chi connectivity index (χ1n) is 6.17. The van der Waals surface area contributed by atoms with Crippen LogP contribution in [0.5, 0.6) is 5.75 Å². The number of carbonyl (C=O) groups excluding carboxylic acids is 1. The third kappa shape index (κ3) is 4.20. The first kappa shape index (κ1) is 16.0. The van der Waals surface area contributed by atoms with Crippen molar-refractivity contribution >= 4 is 21.8 Å². The van der Waals surface area contributed by atoms with Crippen LogP contribution in [0, 0.1) is 5.82 Å². The number of hydrogen-bond acceptors (Lipinski definition) is 2. The number of methoxy groups -OCH3 is 1. The number of benzene rings is 1. The van der Waals surface area contributed by atoms with Gasteiger partial charge in [-0.05, 0) is 38.0 Å². The maximum atomic E-state index is 13.6. The van der Waals surface area contributed by atoms with E-state index in [-0.39, 0.29) is 17.2 Å². The van der Waals surface area contributed by atoms with E-state index in [1.54, 1.807) is 6.07 Å². The number of hydrogen-bond donors (Lipinski definition) is 1. The second-order valence-electron chi connectivity index (χ2n) is 4.66. The highest BCUT2D eigenvalue weighted by molar-refractivity contribution is 9.09. The lowest BCUT2D eigenvalue weighted by atomic mass is 9.95. The van der Waals surface area contributed by atoms with Gasteiger partial charge in [0.05, 0.1) is 7.11 Å². The summed E-state index contributed by atoms with van der Waals surface area (Å²) >= 11 is 3.37. The molecule has 0 aliphatic heterocycles. The van der Waals surface area contributed by atoms with Gasteiger partial charge in [-0.15, -0.1) is 0 Å². The lowest BCUT2D eigenvalue weighted by Crippen LogP contribution is -2.45. The van der Waals surface area contributed by atoms with Gasteiger partial charge in [-0.3, -0.25) is 4.79 Å². The van der Waals surface area contributed by atoms with Crippen molar-refractivity contribution in [2.24, 2.45) is 0 Å². The minimum atomic E-state index is -0.533. The average Bonchev–Trinajstić information content (AvgIpc) is 2.38. The van der Waals surface area contributed by atoms with Gasteiger partial charge in [0, 0.05) is 16.4 Å². The van der Waals surface area contributed by atoms with E-state index in [0.717, 1.165) is 18.2 Å². The predicted molar refractivity (Wildman–Crippen MR) is 77.5 cm³/mol. The van der Waals surface area contributed by atoms with E-state index in [1.165, 1.54) is 19.2 Å². The van der Waals surface area contributed by atoms with Crippen LogP contribution in [-0.4, -0.2) is 23.9 Å². The van der Waals surface area contributed by atoms with Crippen LogP contribution in [0.1, 0.15) is 37.0 Å². The molecule has 0 aromatic heterocycles. The highest BCUT2D eigenvalue weighted by atomic mass is 79.9. The molecule has 0 fully saturated rings. The second kappa shape index (κ2) is 6.89. The minimum absolute atomic E-state index is 0.135. The number of halogens is 2. The molecule has 1 amide bonds. The van der Waals surface area contributed by atoms with Crippen molar-refractivity contribution in [1.82, 2.24) is 5.32 Å². The lowest BCUT2D eigenvalue weighted by molar-refractivity contribution is 0.0901. The highest BCUT2D eigenvalue weighted by Crippen LogP contribution is 2.20. The number of amides is 1. The Morgan fingerprint density at radius 2 is 2.21 bits per heavy atom. The fraction of sp³-hybridized carbons (Fsp3) is 0.500. The van der Waals surface area contributed by atoms with E-state index in [2.05, 4.69) is 21.2 Å². The van der Waals surface area contributed by atoms with E-state index in [1.807, 2.05) is 13.8 Å². The highest BCUT2D eigenvalue weighted by Gasteiger charge is 2.24. The van der Waals surface area contributed by atoms with Gasteiger partial charge in [0.25, 0.3) is 5.91 Å². The number of ether oxygens (including phenoxy) is 1. The Morgan fingerprint density at radius 3 is 2.68 bits per heavy atom. The third-order valence-corrected chi connectivity index (χ3v) is 3.65. The summed E-state index contributed by atoms with van der Waals surface area (Å²) in [6.45, 7) is 3.99. The summed E-state index contributed by atoms with van der Waals surface area (Å²) in [5, 5.41) is 3.75. The maximum Gasteiger partial charge on any atom is 0.251 e. The van der Waals surface area contributed by atoms with Crippen LogP contribution in [-0.2, 0) is 0 Å². The van der Waals surface area contributed by atoms with Gasteiger partial charge in [0.1, 0.15) is 0 Å². The van der Waals surface area contributed by atoms with Crippen LogP contribution < -0.4 is 10.1 Å². The predicted octanol–water partition coefficient (Wildman–Crippen LogP) is 3.52. The Bertz CT molecular complexity index is 453. The van der Waals surface area contributed by atoms with Crippen molar-refractivity contribution in [2.75, 3.05) is 12.4 Å². The minimum Gasteiger partial charge on any atom is -0.494 e. The molecule has 0 saturated carbocycles. The first-order valence-corrected chi connectivity index (χ1v) is 7.30. The summed E-state index contributed by atoms with van der Waals surface area (Å²) in [4.78, 5) is 12.1. The van der Waals surface area contributed by atoms with Gasteiger partial charge >= 0.3 is 0 Å². The molecule has 3 nitrogen and oxygen atoms in total. The molecule has 1 aromatic rings. The van der Waals surface area contributed by atoms with Crippen molar-refractivity contribution in [1.29, 1.82) is 0 Å². The van der Waals surface area contributed by atoms with Crippen molar-refractivity contribution in [3.63, 3.8) is 0 Å². The summed E-state index contributed by atoms with van der Waals surface area (Å²) in [5.41, 5.74) is 0.00400. The zero-order valence-electron chi connectivity index (χ0n) is 11.4. The van der Waals surface area contributed by atoms with Crippen LogP contribution in [0.3, 0.4) is 0 Å². The number of carbonyl (C=O) groups is 1. The molecule has 1 N–H and O–H groups in total. The van der Waals surface area contributed by atoms with Crippen molar-refractivity contribution in [3.8, 4) is 5.75 Å². The van der Waals surface area contributed by atoms with E-state index in [0.29, 0.717) is 5.56 Å². The molecule has 0 aliphatic rings. The Balaban J connectivity index is 2.86. The van der Waals surface area contributed by atoms with Crippen LogP contribution >= 0.6 is 15.9 Å². The van der Waals surface area contributed by atoms with Crippen LogP contribution in [0.4, 0.5) is 4.39 Å². The summed E-state index contributed by atoms with van der Waals surface area (Å²) < 4.78 is 18.4. The Labute approximate surface area is 121 Å². The number of alkyl halides is 1. The normalized spacial score (nSPS) is 13.7. The zero-order chi connectivity index (χ0) is 14.5. The summed E-state index contributed by atoms with van der Waals surface area (Å²) in [6, 6.07) is 4.21. The fourth-order valence-corrected chi connectivity index (χ4v) is 2.57. The Hall–Kier alpha value is -1.10. The first-order chi connectivity index (χ1) is 8.95. The van der Waals surface area contributed by atoms with E-state index in [9.17, 15) is 9.18 Å². The Kier molecular flexibility index (Phi) is 5.79. The molecule has 1 unspecified atom stereocenters. The molecule has 0 spiro atoms. The van der Waals surface area contributed by atoms with Gasteiger partial charge in [-0.2, -0.15) is 0 Å². The van der Waals surface area contributed by atoms with Gasteiger partial charge in [-0.25, -0.2) is 4.39 Å². The quantitative estimate of drug-likeness (QED) is 0.810. The van der Waals surface area contributed by atoms with E-state index < -0.39 is 5.82 Å². The number of nitrogens with one attached hydrogen (secondary N) is 1. The van der Waals surface area contributed by atoms with Crippen molar-refractivity contribution < 1.29 is 13.9 Å². The number of rotatable bonds is 6.